The molecule has 0 spiro atoms. The molecule has 0 aliphatic rings. The summed E-state index contributed by atoms with van der Waals surface area (Å²) >= 11 is 0. The highest BCUT2D eigenvalue weighted by atomic mass is 16.1. The molecule has 0 bridgehead atoms. The molecule has 0 radical (unpaired) electrons. The second kappa shape index (κ2) is 6.18. The van der Waals surface area contributed by atoms with E-state index >= 15 is 0 Å². The van der Waals surface area contributed by atoms with Gasteiger partial charge in [-0.15, -0.1) is 0 Å². The van der Waals surface area contributed by atoms with E-state index in [0.717, 1.165) is 17.7 Å². The quantitative estimate of drug-likeness (QED) is 0.922. The maximum Gasteiger partial charge on any atom is 0.268 e. The van der Waals surface area contributed by atoms with Crippen molar-refractivity contribution < 1.29 is 0 Å². The first kappa shape index (κ1) is 14.0. The number of nitrogens with zero attached hydrogens (tertiary/aromatic N) is 2. The van der Waals surface area contributed by atoms with E-state index in [0.29, 0.717) is 6.54 Å². The van der Waals surface area contributed by atoms with E-state index in [1.165, 1.54) is 0 Å². The third-order valence-corrected chi connectivity index (χ3v) is 3.31. The third kappa shape index (κ3) is 2.79. The van der Waals surface area contributed by atoms with Gasteiger partial charge in [0.05, 0.1) is 5.69 Å². The van der Waals surface area contributed by atoms with Crippen LogP contribution in [0.1, 0.15) is 18.9 Å². The molecule has 0 aliphatic heterocycles. The summed E-state index contributed by atoms with van der Waals surface area (Å²) in [5.74, 6) is 0. The Morgan fingerprint density at radius 3 is 2.55 bits per heavy atom. The smallest absolute Gasteiger partial charge is 0.268 e. The van der Waals surface area contributed by atoms with Crippen LogP contribution in [-0.2, 0) is 6.54 Å². The van der Waals surface area contributed by atoms with Gasteiger partial charge in [0.15, 0.2) is 0 Å². The molecule has 1 atom stereocenters. The molecule has 2 aromatic rings. The number of aromatic nitrogens is 1. The molecule has 1 aromatic carbocycles. The van der Waals surface area contributed by atoms with E-state index < -0.39 is 0 Å². The van der Waals surface area contributed by atoms with Crippen molar-refractivity contribution in [3.63, 3.8) is 0 Å². The predicted octanol–water partition coefficient (Wildman–Crippen LogP) is 2.12. The first-order valence-corrected chi connectivity index (χ1v) is 6.62. The van der Waals surface area contributed by atoms with Crippen LogP contribution in [0.25, 0.3) is 11.3 Å². The molecule has 0 saturated heterocycles. The van der Waals surface area contributed by atoms with Crippen LogP contribution < -0.4 is 11.3 Å². The fourth-order valence-corrected chi connectivity index (χ4v) is 2.07. The maximum absolute atomic E-state index is 12.3. The summed E-state index contributed by atoms with van der Waals surface area (Å²) < 4.78 is 1.60. The van der Waals surface area contributed by atoms with Crippen LogP contribution >= 0.6 is 0 Å². The lowest BCUT2D eigenvalue weighted by Gasteiger charge is -2.16. The van der Waals surface area contributed by atoms with Gasteiger partial charge in [-0.2, -0.15) is 5.26 Å². The molecular formula is C16H17N3O. The number of nitrogens with two attached hydrogens (primary N) is 1. The molecule has 2 N–H and O–H groups in total. The summed E-state index contributed by atoms with van der Waals surface area (Å²) in [6.07, 6.45) is 0.775. The number of hydrogen-bond donors (Lipinski definition) is 1. The van der Waals surface area contributed by atoms with Crippen LogP contribution in [0.5, 0.6) is 0 Å². The van der Waals surface area contributed by atoms with E-state index in [4.69, 9.17) is 11.0 Å². The highest BCUT2D eigenvalue weighted by molar-refractivity contribution is 5.60. The van der Waals surface area contributed by atoms with Crippen molar-refractivity contribution in [1.29, 1.82) is 5.26 Å². The number of hydrogen-bond acceptors (Lipinski definition) is 3. The zero-order valence-electron chi connectivity index (χ0n) is 11.4. The van der Waals surface area contributed by atoms with Crippen molar-refractivity contribution in [3.05, 3.63) is 58.4 Å². The predicted molar refractivity (Wildman–Crippen MR) is 79.1 cm³/mol. The highest BCUT2D eigenvalue weighted by Gasteiger charge is 2.12. The Labute approximate surface area is 118 Å². The Morgan fingerprint density at radius 2 is 1.95 bits per heavy atom. The summed E-state index contributed by atoms with van der Waals surface area (Å²) in [5, 5.41) is 9.00. The molecule has 20 heavy (non-hydrogen) atoms. The fourth-order valence-electron chi connectivity index (χ4n) is 2.07. The van der Waals surface area contributed by atoms with Crippen molar-refractivity contribution in [2.75, 3.05) is 0 Å². The van der Waals surface area contributed by atoms with Gasteiger partial charge < -0.3 is 10.3 Å². The van der Waals surface area contributed by atoms with Crippen molar-refractivity contribution in [1.82, 2.24) is 4.57 Å². The lowest BCUT2D eigenvalue weighted by Crippen LogP contribution is -2.33. The SMILES string of the molecule is CCC(N)Cn1c(-c2ccccc2)ccc(C#N)c1=O. The van der Waals surface area contributed by atoms with Crippen LogP contribution in [0, 0.1) is 11.3 Å². The summed E-state index contributed by atoms with van der Waals surface area (Å²) in [7, 11) is 0. The minimum absolute atomic E-state index is 0.107. The third-order valence-electron chi connectivity index (χ3n) is 3.31. The van der Waals surface area contributed by atoms with Crippen LogP contribution in [0.15, 0.2) is 47.3 Å². The standard InChI is InChI=1S/C16H17N3O/c1-2-14(18)11-19-15(12-6-4-3-5-7-12)9-8-13(10-17)16(19)20/h3-9,14H,2,11,18H2,1H3. The monoisotopic (exact) mass is 267 g/mol. The Morgan fingerprint density at radius 1 is 1.25 bits per heavy atom. The molecule has 0 fully saturated rings. The van der Waals surface area contributed by atoms with Gasteiger partial charge in [-0.25, -0.2) is 0 Å². The number of benzene rings is 1. The van der Waals surface area contributed by atoms with E-state index in [1.54, 1.807) is 16.7 Å². The first-order valence-electron chi connectivity index (χ1n) is 6.62. The van der Waals surface area contributed by atoms with Gasteiger partial charge in [0.25, 0.3) is 5.56 Å². The molecule has 102 valence electrons. The molecule has 1 heterocycles. The first-order chi connectivity index (χ1) is 9.67. The minimum Gasteiger partial charge on any atom is -0.326 e. The van der Waals surface area contributed by atoms with Crippen LogP contribution in [-0.4, -0.2) is 10.6 Å². The molecule has 0 aliphatic carbocycles. The zero-order chi connectivity index (χ0) is 14.5. The number of pyridine rings is 1. The van der Waals surface area contributed by atoms with Crippen LogP contribution in [0.2, 0.25) is 0 Å². The lowest BCUT2D eigenvalue weighted by molar-refractivity contribution is 0.530. The average Bonchev–Trinajstić information content (AvgIpc) is 2.50. The van der Waals surface area contributed by atoms with E-state index in [-0.39, 0.29) is 17.2 Å². The van der Waals surface area contributed by atoms with Crippen molar-refractivity contribution in [2.45, 2.75) is 25.9 Å². The van der Waals surface area contributed by atoms with Gasteiger partial charge in [-0.1, -0.05) is 37.3 Å². The lowest BCUT2D eigenvalue weighted by atomic mass is 10.1. The molecular weight excluding hydrogens is 250 g/mol. The molecule has 0 amide bonds. The number of rotatable bonds is 4. The Bertz CT molecular complexity index is 683. The van der Waals surface area contributed by atoms with Gasteiger partial charge in [0, 0.05) is 12.6 Å². The molecule has 4 nitrogen and oxygen atoms in total. The van der Waals surface area contributed by atoms with E-state index in [2.05, 4.69) is 0 Å². The van der Waals surface area contributed by atoms with Gasteiger partial charge in [-0.3, -0.25) is 4.79 Å². The average molecular weight is 267 g/mol. The van der Waals surface area contributed by atoms with Gasteiger partial charge >= 0.3 is 0 Å². The summed E-state index contributed by atoms with van der Waals surface area (Å²) in [5.41, 5.74) is 7.57. The Balaban J connectivity index is 2.60. The van der Waals surface area contributed by atoms with E-state index in [1.807, 2.05) is 43.3 Å². The Kier molecular flexibility index (Phi) is 4.34. The zero-order valence-corrected chi connectivity index (χ0v) is 11.4. The van der Waals surface area contributed by atoms with Crippen molar-refractivity contribution in [2.24, 2.45) is 5.73 Å². The number of nitriles is 1. The molecule has 2 rings (SSSR count). The normalized spacial score (nSPS) is 11.8. The van der Waals surface area contributed by atoms with Gasteiger partial charge in [-0.05, 0) is 24.1 Å². The largest absolute Gasteiger partial charge is 0.326 e. The fraction of sp³-hybridized carbons (Fsp3) is 0.250. The second-order valence-electron chi connectivity index (χ2n) is 4.69. The summed E-state index contributed by atoms with van der Waals surface area (Å²) in [6, 6.07) is 14.8. The molecule has 4 heteroatoms. The van der Waals surface area contributed by atoms with Crippen LogP contribution in [0.4, 0.5) is 0 Å². The van der Waals surface area contributed by atoms with Gasteiger partial charge in [0.1, 0.15) is 11.6 Å². The summed E-state index contributed by atoms with van der Waals surface area (Å²) in [4.78, 5) is 12.3. The van der Waals surface area contributed by atoms with Crippen molar-refractivity contribution >= 4 is 0 Å². The molecule has 1 unspecified atom stereocenters. The second-order valence-corrected chi connectivity index (χ2v) is 4.69. The maximum atomic E-state index is 12.3. The highest BCUT2D eigenvalue weighted by Crippen LogP contribution is 2.18. The topological polar surface area (TPSA) is 71.8 Å². The molecule has 0 saturated carbocycles. The van der Waals surface area contributed by atoms with Crippen LogP contribution in [0.3, 0.4) is 0 Å². The van der Waals surface area contributed by atoms with Gasteiger partial charge in [0.2, 0.25) is 0 Å². The molecule has 1 aromatic heterocycles. The Hall–Kier alpha value is -2.38. The van der Waals surface area contributed by atoms with E-state index in [9.17, 15) is 4.79 Å². The van der Waals surface area contributed by atoms with Crippen molar-refractivity contribution in [3.8, 4) is 17.3 Å². The summed E-state index contributed by atoms with van der Waals surface area (Å²) in [6.45, 7) is 2.39. The minimum atomic E-state index is -0.280.